The molecule has 0 bridgehead atoms. The minimum Gasteiger partial charge on any atom is -0.380 e. The van der Waals surface area contributed by atoms with Crippen LogP contribution in [0.4, 0.5) is 5.69 Å². The molecule has 0 aliphatic carbocycles. The van der Waals surface area contributed by atoms with Crippen LogP contribution in [0.5, 0.6) is 0 Å². The lowest BCUT2D eigenvalue weighted by atomic mass is 10.2. The molecule has 0 saturated carbocycles. The van der Waals surface area contributed by atoms with Crippen molar-refractivity contribution in [1.82, 2.24) is 9.88 Å². The predicted octanol–water partition coefficient (Wildman–Crippen LogP) is 0.601. The van der Waals surface area contributed by atoms with Gasteiger partial charge in [-0.15, -0.1) is 0 Å². The van der Waals surface area contributed by atoms with Crippen LogP contribution < -0.4 is 5.32 Å². The summed E-state index contributed by atoms with van der Waals surface area (Å²) in [6.45, 7) is 2.10. The molecule has 1 fully saturated rings. The number of aromatic nitrogens is 1. The summed E-state index contributed by atoms with van der Waals surface area (Å²) in [5.74, 6) is 0. The van der Waals surface area contributed by atoms with Crippen LogP contribution in [0, 0.1) is 0 Å². The molecule has 2 heterocycles. The highest BCUT2D eigenvalue weighted by molar-refractivity contribution is 7.90. The average Bonchev–Trinajstić information content (AvgIpc) is 2.63. The highest BCUT2D eigenvalue weighted by Gasteiger charge is 2.19. The maximum absolute atomic E-state index is 11.2. The monoisotopic (exact) mass is 255 g/mol. The Labute approximate surface area is 102 Å². The number of likely N-dealkylation sites (tertiary alicyclic amines) is 1. The Kier molecular flexibility index (Phi) is 3.35. The third-order valence-corrected chi connectivity index (χ3v) is 3.88. The molecule has 94 valence electrons. The maximum Gasteiger partial charge on any atom is 0.192 e. The Morgan fingerprint density at radius 2 is 2.24 bits per heavy atom. The van der Waals surface area contributed by atoms with Crippen LogP contribution in [0.3, 0.4) is 0 Å². The van der Waals surface area contributed by atoms with Crippen molar-refractivity contribution in [2.45, 2.75) is 17.5 Å². The minimum atomic E-state index is -3.20. The Hall–Kier alpha value is -1.14. The normalized spacial score (nSPS) is 21.6. The van der Waals surface area contributed by atoms with Crippen LogP contribution in [0.25, 0.3) is 0 Å². The van der Waals surface area contributed by atoms with Gasteiger partial charge < -0.3 is 10.2 Å². The molecule has 1 saturated heterocycles. The van der Waals surface area contributed by atoms with Crippen molar-refractivity contribution in [2.75, 3.05) is 31.7 Å². The van der Waals surface area contributed by atoms with E-state index in [9.17, 15) is 8.42 Å². The van der Waals surface area contributed by atoms with Crippen molar-refractivity contribution in [3.05, 3.63) is 18.3 Å². The van der Waals surface area contributed by atoms with Crippen LogP contribution >= 0.6 is 0 Å². The standard InChI is InChI=1S/C11H17N3O2S/c1-14-6-5-10(8-14)13-9-3-4-11(12-7-9)17(2,15)16/h3-4,7,10,13H,5-6,8H2,1-2H3. The second-order valence-electron chi connectivity index (χ2n) is 4.55. The summed E-state index contributed by atoms with van der Waals surface area (Å²) in [7, 11) is -1.11. The molecular formula is C11H17N3O2S. The van der Waals surface area contributed by atoms with E-state index in [0.717, 1.165) is 31.5 Å². The lowest BCUT2D eigenvalue weighted by Gasteiger charge is -2.13. The van der Waals surface area contributed by atoms with Gasteiger partial charge in [-0.2, -0.15) is 0 Å². The van der Waals surface area contributed by atoms with Gasteiger partial charge in [-0.25, -0.2) is 13.4 Å². The van der Waals surface area contributed by atoms with Crippen molar-refractivity contribution in [3.8, 4) is 0 Å². The molecule has 1 N–H and O–H groups in total. The van der Waals surface area contributed by atoms with E-state index in [4.69, 9.17) is 0 Å². The van der Waals surface area contributed by atoms with Crippen molar-refractivity contribution >= 4 is 15.5 Å². The summed E-state index contributed by atoms with van der Waals surface area (Å²) in [6.07, 6.45) is 3.84. The number of likely N-dealkylation sites (N-methyl/N-ethyl adjacent to an activating group) is 1. The van der Waals surface area contributed by atoms with Gasteiger partial charge in [-0.1, -0.05) is 0 Å². The first kappa shape index (κ1) is 12.3. The van der Waals surface area contributed by atoms with Gasteiger partial charge in [-0.3, -0.25) is 0 Å². The number of pyridine rings is 1. The van der Waals surface area contributed by atoms with Crippen molar-refractivity contribution < 1.29 is 8.42 Å². The Bertz CT molecular complexity index is 484. The zero-order valence-corrected chi connectivity index (χ0v) is 10.9. The van der Waals surface area contributed by atoms with Gasteiger partial charge in [-0.05, 0) is 32.1 Å². The average molecular weight is 255 g/mol. The van der Waals surface area contributed by atoms with Gasteiger partial charge in [0.25, 0.3) is 0 Å². The summed E-state index contributed by atoms with van der Waals surface area (Å²) in [6, 6.07) is 3.73. The number of anilines is 1. The SMILES string of the molecule is CN1CCC(Nc2ccc(S(C)(=O)=O)nc2)C1. The molecule has 0 amide bonds. The number of hydrogen-bond donors (Lipinski definition) is 1. The molecule has 17 heavy (non-hydrogen) atoms. The van der Waals surface area contributed by atoms with E-state index in [0.29, 0.717) is 6.04 Å². The fraction of sp³-hybridized carbons (Fsp3) is 0.545. The van der Waals surface area contributed by atoms with E-state index in [-0.39, 0.29) is 5.03 Å². The molecule has 1 unspecified atom stereocenters. The highest BCUT2D eigenvalue weighted by atomic mass is 32.2. The number of nitrogens with one attached hydrogen (secondary N) is 1. The van der Waals surface area contributed by atoms with Crippen LogP contribution in [0.15, 0.2) is 23.4 Å². The van der Waals surface area contributed by atoms with Gasteiger partial charge in [0.15, 0.2) is 14.9 Å². The van der Waals surface area contributed by atoms with Crippen LogP contribution in [-0.2, 0) is 9.84 Å². The first-order valence-corrected chi connectivity index (χ1v) is 7.45. The second-order valence-corrected chi connectivity index (χ2v) is 6.51. The molecule has 0 radical (unpaired) electrons. The van der Waals surface area contributed by atoms with E-state index in [1.54, 1.807) is 12.3 Å². The minimum absolute atomic E-state index is 0.117. The van der Waals surface area contributed by atoms with Gasteiger partial charge in [0.05, 0.1) is 11.9 Å². The Balaban J connectivity index is 2.04. The summed E-state index contributed by atoms with van der Waals surface area (Å²) in [5, 5.41) is 3.47. The third-order valence-electron chi connectivity index (χ3n) is 2.88. The van der Waals surface area contributed by atoms with E-state index in [2.05, 4.69) is 22.2 Å². The van der Waals surface area contributed by atoms with Crippen LogP contribution in [0.2, 0.25) is 0 Å². The Morgan fingerprint density at radius 1 is 1.47 bits per heavy atom. The molecule has 1 aliphatic heterocycles. The molecule has 6 heteroatoms. The molecule has 0 aromatic carbocycles. The lowest BCUT2D eigenvalue weighted by Crippen LogP contribution is -2.23. The van der Waals surface area contributed by atoms with Crippen molar-refractivity contribution in [1.29, 1.82) is 0 Å². The van der Waals surface area contributed by atoms with Gasteiger partial charge in [0, 0.05) is 18.8 Å². The number of nitrogens with zero attached hydrogens (tertiary/aromatic N) is 2. The molecular weight excluding hydrogens is 238 g/mol. The van der Waals surface area contributed by atoms with E-state index < -0.39 is 9.84 Å². The van der Waals surface area contributed by atoms with Crippen LogP contribution in [-0.4, -0.2) is 50.7 Å². The topological polar surface area (TPSA) is 62.3 Å². The Morgan fingerprint density at radius 3 is 2.71 bits per heavy atom. The zero-order chi connectivity index (χ0) is 12.5. The summed E-state index contributed by atoms with van der Waals surface area (Å²) < 4.78 is 22.5. The molecule has 1 aromatic heterocycles. The smallest absolute Gasteiger partial charge is 0.192 e. The van der Waals surface area contributed by atoms with E-state index in [1.165, 1.54) is 6.07 Å². The molecule has 1 aliphatic rings. The second kappa shape index (κ2) is 4.62. The number of rotatable bonds is 3. The fourth-order valence-electron chi connectivity index (χ4n) is 1.97. The fourth-order valence-corrected chi connectivity index (χ4v) is 2.53. The molecule has 0 spiro atoms. The molecule has 5 nitrogen and oxygen atoms in total. The van der Waals surface area contributed by atoms with Crippen molar-refractivity contribution in [3.63, 3.8) is 0 Å². The molecule has 1 atom stereocenters. The number of hydrogen-bond acceptors (Lipinski definition) is 5. The zero-order valence-electron chi connectivity index (χ0n) is 10.0. The first-order valence-electron chi connectivity index (χ1n) is 5.56. The van der Waals surface area contributed by atoms with Crippen molar-refractivity contribution in [2.24, 2.45) is 0 Å². The molecule has 2 rings (SSSR count). The first-order chi connectivity index (χ1) is 7.95. The maximum atomic E-state index is 11.2. The summed E-state index contributed by atoms with van der Waals surface area (Å²) >= 11 is 0. The number of sulfone groups is 1. The van der Waals surface area contributed by atoms with E-state index >= 15 is 0 Å². The van der Waals surface area contributed by atoms with E-state index in [1.807, 2.05) is 0 Å². The van der Waals surface area contributed by atoms with Gasteiger partial charge >= 0.3 is 0 Å². The summed E-state index contributed by atoms with van der Waals surface area (Å²) in [5.41, 5.74) is 0.873. The predicted molar refractivity (Wildman–Crippen MR) is 66.9 cm³/mol. The summed E-state index contributed by atoms with van der Waals surface area (Å²) in [4.78, 5) is 6.21. The quantitative estimate of drug-likeness (QED) is 0.857. The molecule has 1 aromatic rings. The third kappa shape index (κ3) is 3.17. The largest absolute Gasteiger partial charge is 0.380 e. The lowest BCUT2D eigenvalue weighted by molar-refractivity contribution is 0.414. The highest BCUT2D eigenvalue weighted by Crippen LogP contribution is 2.15. The van der Waals surface area contributed by atoms with Crippen LogP contribution in [0.1, 0.15) is 6.42 Å². The van der Waals surface area contributed by atoms with Gasteiger partial charge in [0.2, 0.25) is 0 Å². The van der Waals surface area contributed by atoms with Gasteiger partial charge in [0.1, 0.15) is 0 Å².